The predicted molar refractivity (Wildman–Crippen MR) is 72.5 cm³/mol. The predicted octanol–water partition coefficient (Wildman–Crippen LogP) is 3.04. The third-order valence-electron chi connectivity index (χ3n) is 2.12. The van der Waals surface area contributed by atoms with Gasteiger partial charge >= 0.3 is 5.97 Å². The minimum atomic E-state index is -1.03. The van der Waals surface area contributed by atoms with Crippen LogP contribution in [0.5, 0.6) is 0 Å². The van der Waals surface area contributed by atoms with Crippen molar-refractivity contribution in [2.75, 3.05) is 25.1 Å². The molecule has 0 heterocycles. The zero-order valence-corrected chi connectivity index (χ0v) is 11.0. The molecule has 18 heavy (non-hydrogen) atoms. The Bertz CT molecular complexity index is 446. The summed E-state index contributed by atoms with van der Waals surface area (Å²) in [6.45, 7) is 7.34. The topological polar surface area (TPSA) is 58.6 Å². The molecule has 0 spiro atoms. The molecular formula is C13H16ClNO3. The highest BCUT2D eigenvalue weighted by Gasteiger charge is 2.08. The summed E-state index contributed by atoms with van der Waals surface area (Å²) in [5.41, 5.74) is 1.84. The number of carbonyl (C=O) groups is 1. The van der Waals surface area contributed by atoms with E-state index in [1.54, 1.807) is 12.1 Å². The first-order valence-electron chi connectivity index (χ1n) is 5.49. The maximum Gasteiger partial charge on any atom is 0.337 e. The largest absolute Gasteiger partial charge is 0.478 e. The molecule has 0 aliphatic heterocycles. The number of halogens is 1. The Hall–Kier alpha value is -1.52. The second-order valence-electron chi connectivity index (χ2n) is 3.94. The molecule has 2 N–H and O–H groups in total. The summed E-state index contributed by atoms with van der Waals surface area (Å²) in [5, 5.41) is 12.1. The van der Waals surface area contributed by atoms with Crippen molar-refractivity contribution >= 4 is 23.3 Å². The van der Waals surface area contributed by atoms with Crippen molar-refractivity contribution in [3.05, 3.63) is 40.9 Å². The van der Waals surface area contributed by atoms with Crippen LogP contribution in [-0.2, 0) is 4.74 Å². The number of benzene rings is 1. The third kappa shape index (κ3) is 4.77. The third-order valence-corrected chi connectivity index (χ3v) is 2.44. The number of hydrogen-bond acceptors (Lipinski definition) is 3. The van der Waals surface area contributed by atoms with Gasteiger partial charge in [-0.2, -0.15) is 0 Å². The van der Waals surface area contributed by atoms with Gasteiger partial charge in [0.15, 0.2) is 0 Å². The lowest BCUT2D eigenvalue weighted by molar-refractivity contribution is 0.0697. The molecule has 1 rings (SSSR count). The van der Waals surface area contributed by atoms with Crippen LogP contribution in [-0.4, -0.2) is 30.8 Å². The molecule has 98 valence electrons. The van der Waals surface area contributed by atoms with Crippen LogP contribution in [0.15, 0.2) is 30.4 Å². The van der Waals surface area contributed by atoms with E-state index in [2.05, 4.69) is 11.9 Å². The number of rotatable bonds is 7. The number of aromatic carboxylic acids is 1. The van der Waals surface area contributed by atoms with Crippen molar-refractivity contribution in [2.24, 2.45) is 0 Å². The molecule has 0 fully saturated rings. The van der Waals surface area contributed by atoms with E-state index in [0.717, 1.165) is 11.3 Å². The highest BCUT2D eigenvalue weighted by atomic mass is 35.5. The molecular weight excluding hydrogens is 254 g/mol. The maximum atomic E-state index is 10.8. The van der Waals surface area contributed by atoms with Gasteiger partial charge in [0.25, 0.3) is 0 Å². The van der Waals surface area contributed by atoms with Gasteiger partial charge in [0.1, 0.15) is 0 Å². The van der Waals surface area contributed by atoms with Gasteiger partial charge in [0.2, 0.25) is 0 Å². The Kier molecular flexibility index (Phi) is 5.68. The van der Waals surface area contributed by atoms with Gasteiger partial charge in [-0.3, -0.25) is 0 Å². The minimum absolute atomic E-state index is 0.0979. The Morgan fingerprint density at radius 3 is 2.83 bits per heavy atom. The van der Waals surface area contributed by atoms with Crippen molar-refractivity contribution in [3.63, 3.8) is 0 Å². The molecule has 1 aromatic rings. The van der Waals surface area contributed by atoms with Crippen molar-refractivity contribution in [1.29, 1.82) is 0 Å². The number of anilines is 1. The van der Waals surface area contributed by atoms with Crippen LogP contribution in [0.4, 0.5) is 5.69 Å². The van der Waals surface area contributed by atoms with Gasteiger partial charge in [-0.25, -0.2) is 4.79 Å². The van der Waals surface area contributed by atoms with Gasteiger partial charge in [0, 0.05) is 12.2 Å². The van der Waals surface area contributed by atoms with Gasteiger partial charge in [-0.1, -0.05) is 23.8 Å². The lowest BCUT2D eigenvalue weighted by atomic mass is 10.2. The molecule has 1 aromatic carbocycles. The number of carboxylic acids is 1. The van der Waals surface area contributed by atoms with Crippen molar-refractivity contribution in [3.8, 4) is 0 Å². The van der Waals surface area contributed by atoms with Crippen molar-refractivity contribution in [1.82, 2.24) is 0 Å². The SMILES string of the molecule is C=C(C)COCCNc1ccc(C(=O)O)c(Cl)c1. The quantitative estimate of drug-likeness (QED) is 0.590. The van der Waals surface area contributed by atoms with Crippen LogP contribution >= 0.6 is 11.6 Å². The Labute approximate surface area is 111 Å². The zero-order chi connectivity index (χ0) is 13.5. The Morgan fingerprint density at radius 2 is 2.28 bits per heavy atom. The molecule has 0 radical (unpaired) electrons. The minimum Gasteiger partial charge on any atom is -0.478 e. The Morgan fingerprint density at radius 1 is 1.56 bits per heavy atom. The molecule has 0 atom stereocenters. The average Bonchev–Trinajstić information content (AvgIpc) is 2.27. The molecule has 4 nitrogen and oxygen atoms in total. The van der Waals surface area contributed by atoms with Crippen molar-refractivity contribution in [2.45, 2.75) is 6.92 Å². The van der Waals surface area contributed by atoms with E-state index in [0.29, 0.717) is 19.8 Å². The number of carboxylic acid groups (broad SMARTS) is 1. The average molecular weight is 270 g/mol. The molecule has 0 bridgehead atoms. The van der Waals surface area contributed by atoms with E-state index in [1.165, 1.54) is 6.07 Å². The van der Waals surface area contributed by atoms with Crippen LogP contribution in [0.2, 0.25) is 5.02 Å². The van der Waals surface area contributed by atoms with E-state index in [4.69, 9.17) is 21.4 Å². The Balaban J connectivity index is 2.42. The fraction of sp³-hybridized carbons (Fsp3) is 0.308. The first-order chi connectivity index (χ1) is 8.50. The molecule has 0 saturated heterocycles. The van der Waals surface area contributed by atoms with E-state index in [9.17, 15) is 4.79 Å². The second kappa shape index (κ2) is 7.03. The van der Waals surface area contributed by atoms with E-state index in [-0.39, 0.29) is 10.6 Å². The van der Waals surface area contributed by atoms with Crippen molar-refractivity contribution < 1.29 is 14.6 Å². The fourth-order valence-electron chi connectivity index (χ4n) is 1.31. The van der Waals surface area contributed by atoms with Crippen LogP contribution in [0.1, 0.15) is 17.3 Å². The molecule has 0 amide bonds. The zero-order valence-electron chi connectivity index (χ0n) is 10.2. The highest BCUT2D eigenvalue weighted by Crippen LogP contribution is 2.20. The number of hydrogen-bond donors (Lipinski definition) is 2. The highest BCUT2D eigenvalue weighted by molar-refractivity contribution is 6.33. The summed E-state index contributed by atoms with van der Waals surface area (Å²) in [7, 11) is 0. The number of ether oxygens (including phenoxy) is 1. The first-order valence-corrected chi connectivity index (χ1v) is 5.87. The standard InChI is InChI=1S/C13H16ClNO3/c1-9(2)8-18-6-5-15-10-3-4-11(13(16)17)12(14)7-10/h3-4,7,15H,1,5-6,8H2,2H3,(H,16,17). The molecule has 0 aliphatic carbocycles. The molecule has 0 saturated carbocycles. The molecule has 0 aromatic heterocycles. The van der Waals surface area contributed by atoms with E-state index < -0.39 is 5.97 Å². The normalized spacial score (nSPS) is 10.1. The van der Waals surface area contributed by atoms with Gasteiger partial charge in [0.05, 0.1) is 23.8 Å². The molecule has 0 unspecified atom stereocenters. The van der Waals surface area contributed by atoms with Gasteiger partial charge in [-0.15, -0.1) is 0 Å². The molecule has 5 heteroatoms. The van der Waals surface area contributed by atoms with E-state index in [1.807, 2.05) is 6.92 Å². The van der Waals surface area contributed by atoms with Crippen LogP contribution < -0.4 is 5.32 Å². The fourth-order valence-corrected chi connectivity index (χ4v) is 1.57. The van der Waals surface area contributed by atoms with Crippen LogP contribution in [0.25, 0.3) is 0 Å². The molecule has 0 aliphatic rings. The summed E-state index contributed by atoms with van der Waals surface area (Å²) in [6.07, 6.45) is 0. The first kappa shape index (κ1) is 14.5. The second-order valence-corrected chi connectivity index (χ2v) is 4.34. The smallest absolute Gasteiger partial charge is 0.337 e. The monoisotopic (exact) mass is 269 g/mol. The van der Waals surface area contributed by atoms with Gasteiger partial charge < -0.3 is 15.2 Å². The summed E-state index contributed by atoms with van der Waals surface area (Å²) < 4.78 is 5.32. The van der Waals surface area contributed by atoms with Crippen LogP contribution in [0, 0.1) is 0 Å². The van der Waals surface area contributed by atoms with Crippen LogP contribution in [0.3, 0.4) is 0 Å². The summed E-state index contributed by atoms with van der Waals surface area (Å²) >= 11 is 5.84. The van der Waals surface area contributed by atoms with Gasteiger partial charge in [-0.05, 0) is 25.1 Å². The van der Waals surface area contributed by atoms with E-state index >= 15 is 0 Å². The number of nitrogens with one attached hydrogen (secondary N) is 1. The summed E-state index contributed by atoms with van der Waals surface area (Å²) in [4.78, 5) is 10.8. The maximum absolute atomic E-state index is 10.8. The lowest BCUT2D eigenvalue weighted by Gasteiger charge is -2.08. The summed E-state index contributed by atoms with van der Waals surface area (Å²) in [5.74, 6) is -1.03. The summed E-state index contributed by atoms with van der Waals surface area (Å²) in [6, 6.07) is 4.74. The lowest BCUT2D eigenvalue weighted by Crippen LogP contribution is -2.10.